The lowest BCUT2D eigenvalue weighted by Gasteiger charge is -2.46. The summed E-state index contributed by atoms with van der Waals surface area (Å²) >= 11 is 0. The molecule has 0 radical (unpaired) electrons. The quantitative estimate of drug-likeness (QED) is 0.317. The van der Waals surface area contributed by atoms with E-state index in [1.54, 1.807) is 24.3 Å². The van der Waals surface area contributed by atoms with Crippen molar-refractivity contribution in [2.24, 2.45) is 5.41 Å². The molecule has 2 N–H and O–H groups in total. The van der Waals surface area contributed by atoms with Crippen molar-refractivity contribution >= 4 is 34.7 Å². The number of nitrogens with zero attached hydrogens (tertiary/aromatic N) is 4. The zero-order valence-corrected chi connectivity index (χ0v) is 21.4. The van der Waals surface area contributed by atoms with Gasteiger partial charge >= 0.3 is 11.8 Å². The van der Waals surface area contributed by atoms with Crippen molar-refractivity contribution in [1.29, 1.82) is 0 Å². The number of amides is 2. The standard InChI is InChI=1S/C26H29FN6O5/c1-17(34)29-14-21-15-32(24(35)38-21)20-9-10-23(22(27)13-20)31-12-11-26(28-4,25(2,3)16-31)30-18-5-7-19(8-6-18)33(36)37/h5-10,13,21,30H,11-12,14-16H2,1-3H3,(H,29,34)/t21-,26?/m0/s1. The van der Waals surface area contributed by atoms with Gasteiger partial charge in [-0.2, -0.15) is 0 Å². The van der Waals surface area contributed by atoms with Crippen LogP contribution >= 0.6 is 0 Å². The molecule has 2 fully saturated rings. The Kier molecular flexibility index (Phi) is 7.13. The van der Waals surface area contributed by atoms with Crippen LogP contribution in [-0.4, -0.2) is 54.9 Å². The highest BCUT2D eigenvalue weighted by molar-refractivity contribution is 5.90. The van der Waals surface area contributed by atoms with Gasteiger partial charge in [0.2, 0.25) is 5.91 Å². The van der Waals surface area contributed by atoms with E-state index in [2.05, 4.69) is 15.5 Å². The molecule has 2 saturated heterocycles. The molecule has 2 heterocycles. The number of anilines is 3. The molecule has 12 heteroatoms. The molecule has 2 aliphatic rings. The number of ether oxygens (including phenoxy) is 1. The Hall–Kier alpha value is -4.40. The van der Waals surface area contributed by atoms with E-state index in [1.807, 2.05) is 18.7 Å². The Morgan fingerprint density at radius 1 is 1.29 bits per heavy atom. The van der Waals surface area contributed by atoms with Crippen LogP contribution < -0.4 is 20.4 Å². The highest BCUT2D eigenvalue weighted by Gasteiger charge is 2.56. The summed E-state index contributed by atoms with van der Waals surface area (Å²) in [5.41, 5.74) is -0.358. The van der Waals surface area contributed by atoms with Crippen LogP contribution in [0.15, 0.2) is 42.5 Å². The first-order chi connectivity index (χ1) is 17.9. The third-order valence-corrected chi connectivity index (χ3v) is 7.11. The molecule has 0 bridgehead atoms. The van der Waals surface area contributed by atoms with E-state index in [0.29, 0.717) is 36.6 Å². The third-order valence-electron chi connectivity index (χ3n) is 7.11. The fourth-order valence-electron chi connectivity index (χ4n) is 4.92. The van der Waals surface area contributed by atoms with Crippen LogP contribution in [0.25, 0.3) is 4.85 Å². The average Bonchev–Trinajstić information content (AvgIpc) is 3.24. The van der Waals surface area contributed by atoms with Gasteiger partial charge in [0.15, 0.2) is 0 Å². The maximum Gasteiger partial charge on any atom is 0.414 e. The van der Waals surface area contributed by atoms with Crippen LogP contribution in [0.5, 0.6) is 0 Å². The molecule has 0 saturated carbocycles. The number of carbonyl (C=O) groups excluding carboxylic acids is 2. The smallest absolute Gasteiger partial charge is 0.414 e. The number of hydrogen-bond donors (Lipinski definition) is 2. The third kappa shape index (κ3) is 5.18. The van der Waals surface area contributed by atoms with Gasteiger partial charge in [0.1, 0.15) is 11.9 Å². The van der Waals surface area contributed by atoms with Crippen LogP contribution in [0.1, 0.15) is 27.2 Å². The second-order valence-corrected chi connectivity index (χ2v) is 10.1. The molecule has 0 aliphatic carbocycles. The van der Waals surface area contributed by atoms with Crippen LogP contribution in [0, 0.1) is 27.9 Å². The van der Waals surface area contributed by atoms with Crippen molar-refractivity contribution < 1.29 is 23.6 Å². The zero-order valence-electron chi connectivity index (χ0n) is 21.4. The Bertz CT molecular complexity index is 1290. The normalized spacial score (nSPS) is 22.4. The Balaban J connectivity index is 1.48. The minimum Gasteiger partial charge on any atom is -0.442 e. The lowest BCUT2D eigenvalue weighted by molar-refractivity contribution is -0.384. The van der Waals surface area contributed by atoms with Crippen molar-refractivity contribution in [3.8, 4) is 0 Å². The number of benzene rings is 2. The Morgan fingerprint density at radius 2 is 2.00 bits per heavy atom. The van der Waals surface area contributed by atoms with Gasteiger partial charge in [-0.3, -0.25) is 24.7 Å². The molecule has 11 nitrogen and oxygen atoms in total. The Morgan fingerprint density at radius 3 is 2.58 bits per heavy atom. The highest BCUT2D eigenvalue weighted by Crippen LogP contribution is 2.44. The SMILES string of the molecule is [C-]#[N+]C1(Nc2ccc([N+](=O)[O-])cc2)CCN(c2ccc(N3C[C@H](CNC(C)=O)OC3=O)cc2F)CC1(C)C. The van der Waals surface area contributed by atoms with Gasteiger partial charge < -0.3 is 20.3 Å². The average molecular weight is 525 g/mol. The van der Waals surface area contributed by atoms with E-state index in [4.69, 9.17) is 11.3 Å². The van der Waals surface area contributed by atoms with E-state index < -0.39 is 34.0 Å². The van der Waals surface area contributed by atoms with Crippen molar-refractivity contribution in [1.82, 2.24) is 5.32 Å². The first-order valence-electron chi connectivity index (χ1n) is 12.1. The highest BCUT2D eigenvalue weighted by atomic mass is 19.1. The second kappa shape index (κ2) is 10.2. The molecule has 2 aliphatic heterocycles. The molecule has 38 heavy (non-hydrogen) atoms. The molecule has 2 aromatic carbocycles. The summed E-state index contributed by atoms with van der Waals surface area (Å²) in [6, 6.07) is 10.5. The van der Waals surface area contributed by atoms with E-state index in [9.17, 15) is 19.7 Å². The molecular formula is C26H29FN6O5. The van der Waals surface area contributed by atoms with E-state index in [1.165, 1.54) is 30.0 Å². The summed E-state index contributed by atoms with van der Waals surface area (Å²) in [5.74, 6) is -0.736. The maximum absolute atomic E-state index is 15.3. The van der Waals surface area contributed by atoms with E-state index in [-0.39, 0.29) is 24.7 Å². The molecule has 2 amide bonds. The fourth-order valence-corrected chi connectivity index (χ4v) is 4.92. The summed E-state index contributed by atoms with van der Waals surface area (Å²) in [6.07, 6.45) is -0.752. The van der Waals surface area contributed by atoms with Gasteiger partial charge in [0.05, 0.1) is 41.2 Å². The molecular weight excluding hydrogens is 495 g/mol. The zero-order chi connectivity index (χ0) is 27.7. The van der Waals surface area contributed by atoms with Gasteiger partial charge in [-0.25, -0.2) is 15.8 Å². The number of rotatable bonds is 7. The molecule has 1 unspecified atom stereocenters. The largest absolute Gasteiger partial charge is 0.442 e. The molecule has 4 rings (SSSR count). The number of piperidine rings is 1. The summed E-state index contributed by atoms with van der Waals surface area (Å²) in [4.78, 5) is 41.1. The second-order valence-electron chi connectivity index (χ2n) is 10.1. The van der Waals surface area contributed by atoms with Gasteiger partial charge in [-0.05, 0) is 44.2 Å². The van der Waals surface area contributed by atoms with Crippen LogP contribution in [0.2, 0.25) is 0 Å². The topological polar surface area (TPSA) is 121 Å². The number of nitro benzene ring substituents is 1. The van der Waals surface area contributed by atoms with Crippen LogP contribution in [0.3, 0.4) is 0 Å². The lowest BCUT2D eigenvalue weighted by atomic mass is 9.73. The number of nitrogens with one attached hydrogen (secondary N) is 2. The van der Waals surface area contributed by atoms with E-state index >= 15 is 4.39 Å². The lowest BCUT2D eigenvalue weighted by Crippen LogP contribution is -2.59. The number of halogens is 1. The van der Waals surface area contributed by atoms with Crippen LogP contribution in [-0.2, 0) is 9.53 Å². The first kappa shape index (κ1) is 26.7. The number of carbonyl (C=O) groups is 2. The summed E-state index contributed by atoms with van der Waals surface area (Å²) in [5, 5.41) is 16.8. The first-order valence-corrected chi connectivity index (χ1v) is 12.1. The van der Waals surface area contributed by atoms with Crippen molar-refractivity contribution in [3.63, 3.8) is 0 Å². The number of nitro groups is 1. The van der Waals surface area contributed by atoms with Crippen molar-refractivity contribution in [3.05, 3.63) is 69.8 Å². The molecule has 0 spiro atoms. The molecule has 200 valence electrons. The van der Waals surface area contributed by atoms with E-state index in [0.717, 1.165) is 0 Å². The summed E-state index contributed by atoms with van der Waals surface area (Å²) in [7, 11) is 0. The van der Waals surface area contributed by atoms with Crippen molar-refractivity contribution in [2.45, 2.75) is 39.0 Å². The van der Waals surface area contributed by atoms with Gasteiger partial charge in [0, 0.05) is 37.8 Å². The molecule has 2 aromatic rings. The monoisotopic (exact) mass is 524 g/mol. The molecule has 0 aromatic heterocycles. The fraction of sp³-hybridized carbons (Fsp3) is 0.423. The molecule has 2 atom stereocenters. The maximum atomic E-state index is 15.3. The van der Waals surface area contributed by atoms with Gasteiger partial charge in [0.25, 0.3) is 5.69 Å². The number of hydrogen-bond acceptors (Lipinski definition) is 7. The minimum absolute atomic E-state index is 0.0362. The van der Waals surface area contributed by atoms with Crippen LogP contribution in [0.4, 0.5) is 31.9 Å². The predicted octanol–water partition coefficient (Wildman–Crippen LogP) is 4.16. The number of cyclic esters (lactones) is 1. The summed E-state index contributed by atoms with van der Waals surface area (Å²) in [6.45, 7) is 14.3. The number of non-ortho nitro benzene ring substituents is 1. The summed E-state index contributed by atoms with van der Waals surface area (Å²) < 4.78 is 20.6. The van der Waals surface area contributed by atoms with Crippen molar-refractivity contribution in [2.75, 3.05) is 41.3 Å². The minimum atomic E-state index is -1.00. The Labute approximate surface area is 219 Å². The van der Waals surface area contributed by atoms with Gasteiger partial charge in [-0.15, -0.1) is 0 Å². The predicted molar refractivity (Wildman–Crippen MR) is 139 cm³/mol. The van der Waals surface area contributed by atoms with Gasteiger partial charge in [-0.1, -0.05) is 0 Å².